The van der Waals surface area contributed by atoms with E-state index < -0.39 is 5.97 Å². The Morgan fingerprint density at radius 1 is 1.46 bits per heavy atom. The van der Waals surface area contributed by atoms with Gasteiger partial charge in [0.05, 0.1) is 5.56 Å². The minimum atomic E-state index is -0.879. The summed E-state index contributed by atoms with van der Waals surface area (Å²) in [5.41, 5.74) is 0.331. The highest BCUT2D eigenvalue weighted by atomic mass is 16.4. The molecule has 1 rings (SSSR count). The minimum absolute atomic E-state index is 0.331. The lowest BCUT2D eigenvalue weighted by Crippen LogP contribution is -1.93. The molecule has 0 saturated heterocycles. The van der Waals surface area contributed by atoms with Crippen molar-refractivity contribution in [1.82, 2.24) is 0 Å². The zero-order chi connectivity index (χ0) is 10.1. The molecule has 1 N–H and O–H groups in total. The van der Waals surface area contributed by atoms with Gasteiger partial charge in [-0.05, 0) is 18.6 Å². The predicted molar refractivity (Wildman–Crippen MR) is 53.9 cm³/mol. The van der Waals surface area contributed by atoms with Gasteiger partial charge in [0.15, 0.2) is 0 Å². The van der Waals surface area contributed by atoms with Gasteiger partial charge in [-0.25, -0.2) is 4.79 Å². The third-order valence-corrected chi connectivity index (χ3v) is 1.31. The van der Waals surface area contributed by atoms with Crippen molar-refractivity contribution in [2.75, 3.05) is 0 Å². The number of hydrogen-bond acceptors (Lipinski definition) is 1. The average molecular weight is 178 g/mol. The van der Waals surface area contributed by atoms with Crippen LogP contribution in [0.4, 0.5) is 0 Å². The Bertz CT molecular complexity index is 252. The van der Waals surface area contributed by atoms with E-state index in [0.717, 1.165) is 6.42 Å². The van der Waals surface area contributed by atoms with Crippen LogP contribution < -0.4 is 0 Å². The molecule has 0 heterocycles. The molecule has 0 atom stereocenters. The normalized spacial score (nSPS) is 8.08. The summed E-state index contributed by atoms with van der Waals surface area (Å²) in [4.78, 5) is 10.2. The van der Waals surface area contributed by atoms with E-state index in [0.29, 0.717) is 5.56 Å². The van der Waals surface area contributed by atoms with Gasteiger partial charge in [-0.2, -0.15) is 0 Å². The van der Waals surface area contributed by atoms with E-state index in [2.05, 4.69) is 13.5 Å². The van der Waals surface area contributed by atoms with Crippen molar-refractivity contribution < 1.29 is 9.90 Å². The summed E-state index contributed by atoms with van der Waals surface area (Å²) in [5.74, 6) is -0.879. The second kappa shape index (κ2) is 7.10. The lowest BCUT2D eigenvalue weighted by molar-refractivity contribution is 0.0697. The molecular formula is C11H14O2. The van der Waals surface area contributed by atoms with E-state index in [-0.39, 0.29) is 0 Å². The molecule has 0 saturated carbocycles. The molecule has 0 aromatic heterocycles. The van der Waals surface area contributed by atoms with Crippen LogP contribution in [0.2, 0.25) is 0 Å². The quantitative estimate of drug-likeness (QED) is 0.707. The van der Waals surface area contributed by atoms with E-state index in [1.165, 1.54) is 0 Å². The van der Waals surface area contributed by atoms with Crippen LogP contribution in [-0.2, 0) is 0 Å². The van der Waals surface area contributed by atoms with Gasteiger partial charge in [-0.15, -0.1) is 6.58 Å². The van der Waals surface area contributed by atoms with Crippen molar-refractivity contribution in [2.45, 2.75) is 13.3 Å². The zero-order valence-electron chi connectivity index (χ0n) is 7.73. The van der Waals surface area contributed by atoms with Gasteiger partial charge in [-0.3, -0.25) is 0 Å². The Balaban J connectivity index is 0.000000310. The summed E-state index contributed by atoms with van der Waals surface area (Å²) in [5, 5.41) is 8.38. The van der Waals surface area contributed by atoms with Gasteiger partial charge in [0.2, 0.25) is 0 Å². The molecule has 70 valence electrons. The molecule has 0 fully saturated rings. The fraction of sp³-hybridized carbons (Fsp3) is 0.182. The van der Waals surface area contributed by atoms with Gasteiger partial charge < -0.3 is 5.11 Å². The topological polar surface area (TPSA) is 37.3 Å². The maximum absolute atomic E-state index is 10.2. The maximum atomic E-state index is 10.2. The van der Waals surface area contributed by atoms with Crippen LogP contribution in [0, 0.1) is 0 Å². The molecule has 0 aliphatic heterocycles. The number of benzene rings is 1. The molecule has 2 heteroatoms. The van der Waals surface area contributed by atoms with Crippen molar-refractivity contribution in [3.05, 3.63) is 48.6 Å². The first kappa shape index (κ1) is 11.4. The van der Waals surface area contributed by atoms with Crippen LogP contribution in [0.15, 0.2) is 43.0 Å². The number of aromatic carboxylic acids is 1. The summed E-state index contributed by atoms with van der Waals surface area (Å²) in [6.45, 7) is 5.54. The number of carboxylic acid groups (broad SMARTS) is 1. The second-order valence-electron chi connectivity index (χ2n) is 2.37. The van der Waals surface area contributed by atoms with Gasteiger partial charge in [0, 0.05) is 0 Å². The number of carbonyl (C=O) groups is 1. The molecule has 0 aliphatic carbocycles. The van der Waals surface area contributed by atoms with Crippen LogP contribution in [0.3, 0.4) is 0 Å². The molecule has 0 spiro atoms. The third kappa shape index (κ3) is 5.67. The van der Waals surface area contributed by atoms with Crippen LogP contribution in [0.25, 0.3) is 0 Å². The first-order chi connectivity index (χ1) is 6.22. The molecule has 0 unspecified atom stereocenters. The first-order valence-electron chi connectivity index (χ1n) is 4.11. The van der Waals surface area contributed by atoms with E-state index in [4.69, 9.17) is 5.11 Å². The second-order valence-corrected chi connectivity index (χ2v) is 2.37. The summed E-state index contributed by atoms with van der Waals surface area (Å²) < 4.78 is 0. The molecular weight excluding hydrogens is 164 g/mol. The Kier molecular flexibility index (Phi) is 6.24. The molecule has 13 heavy (non-hydrogen) atoms. The lowest BCUT2D eigenvalue weighted by atomic mass is 10.2. The van der Waals surface area contributed by atoms with E-state index in [1.54, 1.807) is 30.3 Å². The number of carboxylic acids is 1. The van der Waals surface area contributed by atoms with E-state index >= 15 is 0 Å². The fourth-order valence-corrected chi connectivity index (χ4v) is 0.581. The third-order valence-electron chi connectivity index (χ3n) is 1.31. The molecule has 0 bridgehead atoms. The first-order valence-corrected chi connectivity index (χ1v) is 4.11. The Morgan fingerprint density at radius 3 is 2.15 bits per heavy atom. The average Bonchev–Trinajstić information content (AvgIpc) is 2.19. The van der Waals surface area contributed by atoms with Crippen LogP contribution >= 0.6 is 0 Å². The largest absolute Gasteiger partial charge is 0.478 e. The van der Waals surface area contributed by atoms with E-state index in [1.807, 2.05) is 6.08 Å². The molecule has 0 aliphatic rings. The summed E-state index contributed by atoms with van der Waals surface area (Å²) >= 11 is 0. The molecule has 1 aromatic rings. The highest BCUT2D eigenvalue weighted by Gasteiger charge is 1.96. The Hall–Kier alpha value is -1.57. The van der Waals surface area contributed by atoms with Crippen LogP contribution in [0.5, 0.6) is 0 Å². The number of rotatable bonds is 2. The molecule has 0 radical (unpaired) electrons. The Labute approximate surface area is 78.5 Å². The lowest BCUT2D eigenvalue weighted by Gasteiger charge is -1.88. The standard InChI is InChI=1S/C7H6O2.C4H8/c8-7(9)6-4-2-1-3-5-6;1-3-4-2/h1-5H,(H,8,9);3H,1,4H2,2H3. The van der Waals surface area contributed by atoms with Crippen molar-refractivity contribution in [2.24, 2.45) is 0 Å². The highest BCUT2D eigenvalue weighted by Crippen LogP contribution is 1.96. The monoisotopic (exact) mass is 178 g/mol. The summed E-state index contributed by atoms with van der Waals surface area (Å²) in [6.07, 6.45) is 2.96. The van der Waals surface area contributed by atoms with Crippen molar-refractivity contribution in [3.63, 3.8) is 0 Å². The smallest absolute Gasteiger partial charge is 0.335 e. The molecule has 2 nitrogen and oxygen atoms in total. The van der Waals surface area contributed by atoms with Gasteiger partial charge in [0.1, 0.15) is 0 Å². The SMILES string of the molecule is C=CCC.O=C(O)c1ccccc1. The van der Waals surface area contributed by atoms with E-state index in [9.17, 15) is 4.79 Å². The predicted octanol–water partition coefficient (Wildman–Crippen LogP) is 2.97. The van der Waals surface area contributed by atoms with Crippen molar-refractivity contribution in [3.8, 4) is 0 Å². The highest BCUT2D eigenvalue weighted by molar-refractivity contribution is 5.87. The number of allylic oxidation sites excluding steroid dienone is 1. The van der Waals surface area contributed by atoms with Crippen molar-refractivity contribution in [1.29, 1.82) is 0 Å². The van der Waals surface area contributed by atoms with Gasteiger partial charge in [0.25, 0.3) is 0 Å². The number of hydrogen-bond donors (Lipinski definition) is 1. The summed E-state index contributed by atoms with van der Waals surface area (Å²) in [6, 6.07) is 8.30. The van der Waals surface area contributed by atoms with Gasteiger partial charge >= 0.3 is 5.97 Å². The summed E-state index contributed by atoms with van der Waals surface area (Å²) in [7, 11) is 0. The Morgan fingerprint density at radius 2 is 1.92 bits per heavy atom. The van der Waals surface area contributed by atoms with Crippen molar-refractivity contribution >= 4 is 5.97 Å². The zero-order valence-corrected chi connectivity index (χ0v) is 7.73. The van der Waals surface area contributed by atoms with Crippen LogP contribution in [0.1, 0.15) is 23.7 Å². The fourth-order valence-electron chi connectivity index (χ4n) is 0.581. The maximum Gasteiger partial charge on any atom is 0.335 e. The molecule has 1 aromatic carbocycles. The minimum Gasteiger partial charge on any atom is -0.478 e. The van der Waals surface area contributed by atoms with Crippen LogP contribution in [-0.4, -0.2) is 11.1 Å². The molecule has 0 amide bonds. The van der Waals surface area contributed by atoms with Gasteiger partial charge in [-0.1, -0.05) is 31.2 Å².